The molecule has 3 N–H and O–H groups in total. The highest BCUT2D eigenvalue weighted by molar-refractivity contribution is 5.91. The van der Waals surface area contributed by atoms with Crippen molar-refractivity contribution in [3.05, 3.63) is 48.0 Å². The Morgan fingerprint density at radius 2 is 1.84 bits per heavy atom. The summed E-state index contributed by atoms with van der Waals surface area (Å²) in [6, 6.07) is 6.30. The molecule has 0 aliphatic carbocycles. The molecule has 1 aromatic rings. The Bertz CT molecular complexity index is 952. The number of rotatable bonds is 8. The minimum Gasteiger partial charge on any atom is -0.481 e. The predicted octanol–water partition coefficient (Wildman–Crippen LogP) is 1.85. The minimum atomic E-state index is -1.17. The van der Waals surface area contributed by atoms with Crippen LogP contribution in [-0.4, -0.2) is 78.5 Å². The molecule has 2 aliphatic rings. The van der Waals surface area contributed by atoms with Crippen LogP contribution < -0.4 is 10.6 Å². The van der Waals surface area contributed by atoms with E-state index in [9.17, 15) is 24.3 Å². The van der Waals surface area contributed by atoms with Crippen LogP contribution in [0.3, 0.4) is 0 Å². The molecule has 37 heavy (non-hydrogen) atoms. The van der Waals surface area contributed by atoms with Crippen LogP contribution in [0, 0.1) is 5.92 Å². The van der Waals surface area contributed by atoms with Gasteiger partial charge in [0.2, 0.25) is 5.91 Å². The lowest BCUT2D eigenvalue weighted by molar-refractivity contribution is -0.152. The maximum absolute atomic E-state index is 13.0. The van der Waals surface area contributed by atoms with Crippen molar-refractivity contribution < 1.29 is 38.5 Å². The number of nitrogens with one attached hydrogen (secondary N) is 2. The lowest BCUT2D eigenvalue weighted by atomic mass is 10.1. The molecule has 2 heterocycles. The number of alkyl carbamates (subject to hydrolysis) is 1. The van der Waals surface area contributed by atoms with Crippen molar-refractivity contribution >= 4 is 23.9 Å². The Balaban J connectivity index is 0.000000439. The quantitative estimate of drug-likeness (QED) is 0.266. The Morgan fingerprint density at radius 1 is 1.22 bits per heavy atom. The van der Waals surface area contributed by atoms with Gasteiger partial charge in [0.15, 0.2) is 0 Å². The van der Waals surface area contributed by atoms with Gasteiger partial charge in [0.05, 0.1) is 26.2 Å². The van der Waals surface area contributed by atoms with E-state index in [4.69, 9.17) is 9.47 Å². The van der Waals surface area contributed by atoms with Crippen molar-refractivity contribution in [2.45, 2.75) is 58.0 Å². The number of esters is 1. The number of carbonyl (C=O) groups excluding carboxylic acids is 3. The van der Waals surface area contributed by atoms with Crippen LogP contribution in [0.25, 0.3) is 0 Å². The van der Waals surface area contributed by atoms with Gasteiger partial charge >= 0.3 is 18.0 Å². The van der Waals surface area contributed by atoms with Gasteiger partial charge in [0, 0.05) is 19.6 Å². The van der Waals surface area contributed by atoms with E-state index in [0.29, 0.717) is 0 Å². The van der Waals surface area contributed by atoms with Gasteiger partial charge in [-0.3, -0.25) is 9.59 Å². The van der Waals surface area contributed by atoms with Gasteiger partial charge in [0.25, 0.3) is 0 Å². The number of ether oxygens (including phenoxy) is 3. The number of benzene rings is 1. The van der Waals surface area contributed by atoms with Crippen molar-refractivity contribution in [1.82, 2.24) is 15.5 Å². The fourth-order valence-corrected chi connectivity index (χ4v) is 3.95. The van der Waals surface area contributed by atoms with Crippen LogP contribution in [0.1, 0.15) is 38.3 Å². The van der Waals surface area contributed by atoms with Crippen LogP contribution in [0.2, 0.25) is 0 Å². The average Bonchev–Trinajstić information content (AvgIpc) is 3.49. The molecule has 2 aliphatic heterocycles. The lowest BCUT2D eigenvalue weighted by Gasteiger charge is -2.28. The first-order valence-corrected chi connectivity index (χ1v) is 12.0. The average molecular weight is 520 g/mol. The topological polar surface area (TPSA) is 144 Å². The molecule has 1 aromatic carbocycles. The van der Waals surface area contributed by atoms with Gasteiger partial charge in [-0.25, -0.2) is 9.59 Å². The smallest absolute Gasteiger partial charge is 0.408 e. The molecular weight excluding hydrogens is 482 g/mol. The highest BCUT2D eigenvalue weighted by Crippen LogP contribution is 2.25. The summed E-state index contributed by atoms with van der Waals surface area (Å²) in [5.41, 5.74) is 2.13. The predicted molar refractivity (Wildman–Crippen MR) is 134 cm³/mol. The summed E-state index contributed by atoms with van der Waals surface area (Å²) >= 11 is 0. The number of carbonyl (C=O) groups is 4. The van der Waals surface area contributed by atoms with Crippen molar-refractivity contribution in [2.24, 2.45) is 5.92 Å². The molecule has 0 spiro atoms. The molecule has 3 atom stereocenters. The van der Waals surface area contributed by atoms with E-state index in [1.54, 1.807) is 20.8 Å². The van der Waals surface area contributed by atoms with Crippen molar-refractivity contribution in [3.63, 3.8) is 0 Å². The first kappa shape index (κ1) is 29.8. The molecule has 0 aromatic heterocycles. The number of carboxylic acid groups (broad SMARTS) is 1. The first-order chi connectivity index (χ1) is 17.5. The van der Waals surface area contributed by atoms with E-state index in [1.165, 1.54) is 17.2 Å². The molecule has 1 fully saturated rings. The molecule has 0 saturated carbocycles. The van der Waals surface area contributed by atoms with Gasteiger partial charge in [-0.15, -0.1) is 6.58 Å². The van der Waals surface area contributed by atoms with E-state index < -0.39 is 47.5 Å². The van der Waals surface area contributed by atoms with Crippen LogP contribution in [-0.2, 0) is 41.7 Å². The molecule has 3 rings (SSSR count). The summed E-state index contributed by atoms with van der Waals surface area (Å²) < 4.78 is 15.1. The van der Waals surface area contributed by atoms with Gasteiger partial charge in [-0.2, -0.15) is 0 Å². The molecule has 0 bridgehead atoms. The van der Waals surface area contributed by atoms with E-state index >= 15 is 0 Å². The second kappa shape index (κ2) is 13.8. The van der Waals surface area contributed by atoms with Crippen LogP contribution in [0.5, 0.6) is 0 Å². The van der Waals surface area contributed by atoms with E-state index in [1.807, 2.05) is 0 Å². The number of hydrogen-bond donors (Lipinski definition) is 3. The maximum Gasteiger partial charge on any atom is 0.408 e. The minimum absolute atomic E-state index is 0.0690. The Labute approximate surface area is 217 Å². The summed E-state index contributed by atoms with van der Waals surface area (Å²) in [6.45, 7) is 10.4. The van der Waals surface area contributed by atoms with Crippen LogP contribution >= 0.6 is 0 Å². The van der Waals surface area contributed by atoms with Crippen LogP contribution in [0.15, 0.2) is 36.9 Å². The van der Waals surface area contributed by atoms with E-state index in [2.05, 4.69) is 46.2 Å². The maximum atomic E-state index is 13.0. The fourth-order valence-electron chi connectivity index (χ4n) is 3.95. The van der Waals surface area contributed by atoms with Gasteiger partial charge < -0.3 is 34.9 Å². The molecule has 1 saturated heterocycles. The number of nitrogens with zero attached hydrogens (tertiary/aromatic N) is 1. The Kier molecular flexibility index (Phi) is 11.1. The van der Waals surface area contributed by atoms with Gasteiger partial charge in [-0.1, -0.05) is 30.3 Å². The van der Waals surface area contributed by atoms with E-state index in [0.717, 1.165) is 25.1 Å². The number of amides is 2. The Morgan fingerprint density at radius 3 is 2.35 bits per heavy atom. The SMILES string of the molecule is C=CCOCC(NC(=O)OC(C)(C)C)C(=O)N1CC(C(=O)O)CC1C(=O)OC.c1ccc2c(c1)CNC2. The summed E-state index contributed by atoms with van der Waals surface area (Å²) in [5, 5.41) is 15.0. The van der Waals surface area contributed by atoms with Crippen molar-refractivity contribution in [3.8, 4) is 0 Å². The normalized spacial score (nSPS) is 19.1. The summed E-state index contributed by atoms with van der Waals surface area (Å²) in [6.07, 6.45) is 0.569. The molecule has 11 nitrogen and oxygen atoms in total. The highest BCUT2D eigenvalue weighted by Gasteiger charge is 2.45. The molecule has 0 radical (unpaired) electrons. The second-order valence-electron chi connectivity index (χ2n) is 9.70. The summed E-state index contributed by atoms with van der Waals surface area (Å²) in [5.74, 6) is -3.41. The largest absolute Gasteiger partial charge is 0.481 e. The van der Waals surface area contributed by atoms with Gasteiger partial charge in [0.1, 0.15) is 17.7 Å². The fraction of sp³-hybridized carbons (Fsp3) is 0.538. The van der Waals surface area contributed by atoms with Crippen LogP contribution in [0.4, 0.5) is 4.79 Å². The monoisotopic (exact) mass is 519 g/mol. The number of likely N-dealkylation sites (tertiary alicyclic amines) is 1. The first-order valence-electron chi connectivity index (χ1n) is 12.0. The highest BCUT2D eigenvalue weighted by atomic mass is 16.6. The zero-order chi connectivity index (χ0) is 27.6. The number of fused-ring (bicyclic) bond motifs is 1. The zero-order valence-electron chi connectivity index (χ0n) is 21.8. The third-order valence-corrected chi connectivity index (χ3v) is 5.67. The summed E-state index contributed by atoms with van der Waals surface area (Å²) in [4.78, 5) is 49.5. The van der Waals surface area contributed by atoms with Crippen molar-refractivity contribution in [2.75, 3.05) is 26.9 Å². The molecular formula is C26H37N3O8. The number of carboxylic acids is 1. The number of hydrogen-bond acceptors (Lipinski definition) is 8. The zero-order valence-corrected chi connectivity index (χ0v) is 21.8. The molecule has 2 amide bonds. The van der Waals surface area contributed by atoms with E-state index in [-0.39, 0.29) is 26.2 Å². The van der Waals surface area contributed by atoms with Crippen molar-refractivity contribution in [1.29, 1.82) is 0 Å². The number of aliphatic carboxylic acids is 1. The molecule has 204 valence electrons. The number of methoxy groups -OCH3 is 1. The molecule has 3 unspecified atom stereocenters. The third-order valence-electron chi connectivity index (χ3n) is 5.67. The standard InChI is InChI=1S/C18H28N2O8.C8H9N/c1-6-7-27-10-12(19-17(25)28-18(2,3)4)14(21)20-9-11(15(22)23)8-13(20)16(24)26-5;1-2-4-8-6-9-5-7(8)3-1/h6,11-13H,1,7-10H2,2-5H3,(H,19,25)(H,22,23);1-4,9H,5-6H2. The molecule has 11 heteroatoms. The summed E-state index contributed by atoms with van der Waals surface area (Å²) in [7, 11) is 1.16. The second-order valence-corrected chi connectivity index (χ2v) is 9.70. The van der Waals surface area contributed by atoms with Gasteiger partial charge in [-0.05, 0) is 38.3 Å². The Hall–Kier alpha value is -3.44. The third kappa shape index (κ3) is 9.18. The lowest BCUT2D eigenvalue weighted by Crippen LogP contribution is -2.54.